The fraction of sp³-hybridized carbons (Fsp3) is 0.357. The minimum atomic E-state index is -0.719. The highest BCUT2D eigenvalue weighted by Gasteiger charge is 2.35. The molecule has 5 nitrogen and oxygen atoms in total. The monoisotopic (exact) mass is 294 g/mol. The summed E-state index contributed by atoms with van der Waals surface area (Å²) >= 11 is 5.76. The molecule has 20 heavy (non-hydrogen) atoms. The third kappa shape index (κ3) is 3.17. The van der Waals surface area contributed by atoms with Crippen molar-refractivity contribution >= 4 is 29.2 Å². The number of hydrogen-bond acceptors (Lipinski definition) is 5. The number of aromatic nitrogens is 1. The van der Waals surface area contributed by atoms with Gasteiger partial charge >= 0.3 is 5.97 Å². The summed E-state index contributed by atoms with van der Waals surface area (Å²) in [6.07, 6.45) is 3.55. The minimum absolute atomic E-state index is 0.116. The lowest BCUT2D eigenvalue weighted by atomic mass is 9.82. The number of anilines is 1. The molecule has 0 saturated heterocycles. The second-order valence-electron chi connectivity index (χ2n) is 4.74. The van der Waals surface area contributed by atoms with Gasteiger partial charge < -0.3 is 10.1 Å². The Hall–Kier alpha value is -1.88. The van der Waals surface area contributed by atoms with Crippen LogP contribution in [0.5, 0.6) is 0 Å². The molecular formula is C14H15ClN2O3. The lowest BCUT2D eigenvalue weighted by Gasteiger charge is -2.25. The van der Waals surface area contributed by atoms with Gasteiger partial charge in [-0.05, 0) is 24.5 Å². The topological polar surface area (TPSA) is 68.3 Å². The van der Waals surface area contributed by atoms with Crippen molar-refractivity contribution in [2.45, 2.75) is 13.3 Å². The summed E-state index contributed by atoms with van der Waals surface area (Å²) in [6, 6.07) is 3.44. The van der Waals surface area contributed by atoms with Crippen LogP contribution in [0.15, 0.2) is 30.1 Å². The Balaban J connectivity index is 2.13. The van der Waals surface area contributed by atoms with Crippen molar-refractivity contribution < 1.29 is 14.3 Å². The van der Waals surface area contributed by atoms with E-state index in [9.17, 15) is 9.59 Å². The molecule has 1 heterocycles. The van der Waals surface area contributed by atoms with Crippen molar-refractivity contribution in [1.29, 1.82) is 0 Å². The second-order valence-corrected chi connectivity index (χ2v) is 5.18. The lowest BCUT2D eigenvalue weighted by molar-refractivity contribution is -0.150. The maximum absolute atomic E-state index is 12.0. The third-order valence-corrected chi connectivity index (χ3v) is 3.43. The zero-order valence-electron chi connectivity index (χ0n) is 11.2. The average Bonchev–Trinajstić information content (AvgIpc) is 2.40. The summed E-state index contributed by atoms with van der Waals surface area (Å²) in [6.45, 7) is 1.85. The smallest absolute Gasteiger partial charge is 0.316 e. The molecule has 0 aliphatic heterocycles. The summed E-state index contributed by atoms with van der Waals surface area (Å²) in [5.41, 5.74) is 0.734. The molecule has 0 fully saturated rings. The van der Waals surface area contributed by atoms with Crippen LogP contribution in [-0.4, -0.2) is 23.8 Å². The molecule has 0 radical (unpaired) electrons. The number of ketones is 1. The molecule has 0 spiro atoms. The summed E-state index contributed by atoms with van der Waals surface area (Å²) in [4.78, 5) is 27.7. The number of allylic oxidation sites excluding steroid dienone is 2. The molecule has 6 heteroatoms. The maximum atomic E-state index is 12.0. The van der Waals surface area contributed by atoms with Crippen LogP contribution < -0.4 is 5.32 Å². The number of rotatable bonds is 3. The number of hydrogen-bond donors (Lipinski definition) is 1. The minimum Gasteiger partial charge on any atom is -0.468 e. The van der Waals surface area contributed by atoms with Gasteiger partial charge in [-0.1, -0.05) is 18.5 Å². The number of pyridine rings is 1. The van der Waals surface area contributed by atoms with Crippen molar-refractivity contribution in [1.82, 2.24) is 4.98 Å². The highest BCUT2D eigenvalue weighted by atomic mass is 35.5. The molecule has 1 aliphatic rings. The van der Waals surface area contributed by atoms with E-state index in [4.69, 9.17) is 11.6 Å². The molecule has 1 aliphatic carbocycles. The molecule has 0 aromatic carbocycles. The Kier molecular flexibility index (Phi) is 4.39. The van der Waals surface area contributed by atoms with Crippen LogP contribution in [0.1, 0.15) is 13.3 Å². The molecule has 2 atom stereocenters. The van der Waals surface area contributed by atoms with Crippen molar-refractivity contribution in [3.8, 4) is 0 Å². The Morgan fingerprint density at radius 1 is 1.50 bits per heavy atom. The molecule has 2 rings (SSSR count). The van der Waals surface area contributed by atoms with Gasteiger partial charge in [0.2, 0.25) is 0 Å². The first kappa shape index (κ1) is 14.5. The van der Waals surface area contributed by atoms with Gasteiger partial charge in [0.15, 0.2) is 5.78 Å². The van der Waals surface area contributed by atoms with Crippen LogP contribution in [0, 0.1) is 11.8 Å². The Morgan fingerprint density at radius 2 is 2.25 bits per heavy atom. The van der Waals surface area contributed by atoms with E-state index < -0.39 is 11.9 Å². The molecular weight excluding hydrogens is 280 g/mol. The molecule has 1 N–H and O–H groups in total. The first-order chi connectivity index (χ1) is 9.51. The third-order valence-electron chi connectivity index (χ3n) is 3.21. The van der Waals surface area contributed by atoms with Gasteiger partial charge in [0.05, 0.1) is 12.1 Å². The number of halogens is 1. The highest BCUT2D eigenvalue weighted by Crippen LogP contribution is 2.28. The molecule has 0 saturated carbocycles. The number of ether oxygens (including phenoxy) is 1. The van der Waals surface area contributed by atoms with E-state index in [1.54, 1.807) is 12.1 Å². The number of nitrogens with zero attached hydrogens (tertiary/aromatic N) is 1. The highest BCUT2D eigenvalue weighted by molar-refractivity contribution is 6.30. The van der Waals surface area contributed by atoms with E-state index in [1.165, 1.54) is 19.4 Å². The van der Waals surface area contributed by atoms with Crippen molar-refractivity contribution in [3.63, 3.8) is 0 Å². The molecule has 1 aromatic rings. The molecule has 0 unspecified atom stereocenters. The van der Waals surface area contributed by atoms with Gasteiger partial charge in [-0.3, -0.25) is 9.59 Å². The van der Waals surface area contributed by atoms with Gasteiger partial charge in [0, 0.05) is 18.0 Å². The van der Waals surface area contributed by atoms with Gasteiger partial charge in [0.25, 0.3) is 0 Å². The van der Waals surface area contributed by atoms with Crippen LogP contribution in [0.25, 0.3) is 0 Å². The standard InChI is InChI=1S/C14H15ClN2O3/c1-8-5-10(6-11(18)13(8)14(19)20-2)17-12-4-3-9(15)7-16-12/h3-4,6-8,13H,5H2,1-2H3,(H,16,17)/t8-,13+/m1/s1. The summed E-state index contributed by atoms with van der Waals surface area (Å²) in [5.74, 6) is -0.954. The van der Waals surface area contributed by atoms with E-state index in [1.807, 2.05) is 6.92 Å². The Morgan fingerprint density at radius 3 is 2.80 bits per heavy atom. The van der Waals surface area contributed by atoms with Crippen LogP contribution in [-0.2, 0) is 14.3 Å². The zero-order valence-corrected chi connectivity index (χ0v) is 12.0. The Bertz CT molecular complexity index is 554. The van der Waals surface area contributed by atoms with Gasteiger partial charge in [0.1, 0.15) is 11.7 Å². The first-order valence-corrected chi connectivity index (χ1v) is 6.60. The van der Waals surface area contributed by atoms with Crippen LogP contribution >= 0.6 is 11.6 Å². The van der Waals surface area contributed by atoms with E-state index in [0.29, 0.717) is 17.3 Å². The van der Waals surface area contributed by atoms with Crippen LogP contribution in [0.2, 0.25) is 5.02 Å². The van der Waals surface area contributed by atoms with E-state index in [2.05, 4.69) is 15.0 Å². The predicted octanol–water partition coefficient (Wildman–Crippen LogP) is 2.43. The fourth-order valence-electron chi connectivity index (χ4n) is 2.24. The number of methoxy groups -OCH3 is 1. The van der Waals surface area contributed by atoms with E-state index in [-0.39, 0.29) is 11.7 Å². The zero-order chi connectivity index (χ0) is 14.7. The maximum Gasteiger partial charge on any atom is 0.316 e. The largest absolute Gasteiger partial charge is 0.468 e. The van der Waals surface area contributed by atoms with Crippen LogP contribution in [0.4, 0.5) is 5.82 Å². The molecule has 0 amide bonds. The van der Waals surface area contributed by atoms with Crippen molar-refractivity contribution in [3.05, 3.63) is 35.1 Å². The average molecular weight is 295 g/mol. The number of carbonyl (C=O) groups is 2. The van der Waals surface area contributed by atoms with Gasteiger partial charge in [-0.2, -0.15) is 0 Å². The van der Waals surface area contributed by atoms with Gasteiger partial charge in [-0.15, -0.1) is 0 Å². The number of nitrogens with one attached hydrogen (secondary N) is 1. The molecule has 0 bridgehead atoms. The first-order valence-electron chi connectivity index (χ1n) is 6.22. The quantitative estimate of drug-likeness (QED) is 0.685. The second kappa shape index (κ2) is 6.05. The van der Waals surface area contributed by atoms with Gasteiger partial charge in [-0.25, -0.2) is 4.98 Å². The van der Waals surface area contributed by atoms with Crippen molar-refractivity contribution in [2.75, 3.05) is 12.4 Å². The fourth-order valence-corrected chi connectivity index (χ4v) is 2.35. The summed E-state index contributed by atoms with van der Waals surface area (Å²) in [7, 11) is 1.29. The Labute approximate surface area is 122 Å². The number of esters is 1. The normalized spacial score (nSPS) is 22.1. The van der Waals surface area contributed by atoms with Crippen molar-refractivity contribution in [2.24, 2.45) is 11.8 Å². The summed E-state index contributed by atoms with van der Waals surface area (Å²) in [5, 5.41) is 3.61. The van der Waals surface area contributed by atoms with E-state index in [0.717, 1.165) is 5.70 Å². The SMILES string of the molecule is COC(=O)[C@@H]1C(=O)C=C(Nc2ccc(Cl)cn2)C[C@H]1C. The van der Waals surface area contributed by atoms with Crippen LogP contribution in [0.3, 0.4) is 0 Å². The molecule has 1 aromatic heterocycles. The predicted molar refractivity (Wildman–Crippen MR) is 75.2 cm³/mol. The number of carbonyl (C=O) groups excluding carboxylic acids is 2. The summed E-state index contributed by atoms with van der Waals surface area (Å²) < 4.78 is 4.66. The lowest BCUT2D eigenvalue weighted by Crippen LogP contribution is -2.34. The molecule has 106 valence electrons. The van der Waals surface area contributed by atoms with E-state index >= 15 is 0 Å².